The van der Waals surface area contributed by atoms with Gasteiger partial charge in [0.2, 0.25) is 0 Å². The highest BCUT2D eigenvalue weighted by Crippen LogP contribution is 2.44. The molecule has 2 aromatic heterocycles. The van der Waals surface area contributed by atoms with E-state index in [-0.39, 0.29) is 0 Å². The predicted molar refractivity (Wildman–Crippen MR) is 104 cm³/mol. The molecule has 0 spiro atoms. The Morgan fingerprint density at radius 2 is 1.77 bits per heavy atom. The van der Waals surface area contributed by atoms with Crippen molar-refractivity contribution in [1.29, 1.82) is 0 Å². The van der Waals surface area contributed by atoms with Gasteiger partial charge in [-0.3, -0.25) is 4.98 Å². The van der Waals surface area contributed by atoms with Crippen LogP contribution in [0.4, 0.5) is 11.5 Å². The standard InChI is InChI=1S/C20H22N6/c21-15-5-3-14(4-6-15)19-24-17-12-23-11-16(13-1-2-13)18(17)20(25-19)26-9-7-22-8-10-26/h3-6,11-13,22H,1-2,7-10,21H2. The lowest BCUT2D eigenvalue weighted by atomic mass is 10.1. The largest absolute Gasteiger partial charge is 0.399 e. The molecule has 0 atom stereocenters. The van der Waals surface area contributed by atoms with E-state index < -0.39 is 0 Å². The number of rotatable bonds is 3. The van der Waals surface area contributed by atoms with Gasteiger partial charge in [-0.15, -0.1) is 0 Å². The summed E-state index contributed by atoms with van der Waals surface area (Å²) >= 11 is 0. The first-order chi connectivity index (χ1) is 12.8. The minimum Gasteiger partial charge on any atom is -0.399 e. The molecule has 0 bridgehead atoms. The molecule has 6 heteroatoms. The van der Waals surface area contributed by atoms with Gasteiger partial charge in [0.1, 0.15) is 5.82 Å². The first-order valence-electron chi connectivity index (χ1n) is 9.27. The molecule has 3 aromatic rings. The van der Waals surface area contributed by atoms with Crippen LogP contribution in [0.2, 0.25) is 0 Å². The van der Waals surface area contributed by atoms with Crippen LogP contribution in [0, 0.1) is 0 Å². The van der Waals surface area contributed by atoms with Crippen LogP contribution < -0.4 is 16.0 Å². The van der Waals surface area contributed by atoms with Crippen molar-refractivity contribution in [3.8, 4) is 11.4 Å². The molecular formula is C20H22N6. The molecule has 1 saturated carbocycles. The van der Waals surface area contributed by atoms with E-state index in [0.29, 0.717) is 5.92 Å². The van der Waals surface area contributed by atoms with E-state index in [2.05, 4.69) is 15.2 Å². The Bertz CT molecular complexity index is 942. The molecule has 0 unspecified atom stereocenters. The molecule has 2 aliphatic rings. The van der Waals surface area contributed by atoms with Gasteiger partial charge in [-0.25, -0.2) is 9.97 Å². The Balaban J connectivity index is 1.72. The van der Waals surface area contributed by atoms with Crippen LogP contribution >= 0.6 is 0 Å². The number of fused-ring (bicyclic) bond motifs is 1. The maximum Gasteiger partial charge on any atom is 0.162 e. The number of nitrogens with zero attached hydrogens (tertiary/aromatic N) is 4. The highest BCUT2D eigenvalue weighted by Gasteiger charge is 2.29. The second-order valence-corrected chi connectivity index (χ2v) is 7.13. The number of nitrogens with one attached hydrogen (secondary N) is 1. The summed E-state index contributed by atoms with van der Waals surface area (Å²) in [5.74, 6) is 2.40. The fraction of sp³-hybridized carbons (Fsp3) is 0.350. The number of nitrogen functional groups attached to an aromatic ring is 1. The van der Waals surface area contributed by atoms with Gasteiger partial charge in [0.05, 0.1) is 11.7 Å². The van der Waals surface area contributed by atoms with Crippen molar-refractivity contribution in [2.24, 2.45) is 0 Å². The zero-order valence-electron chi connectivity index (χ0n) is 14.7. The zero-order valence-corrected chi connectivity index (χ0v) is 14.7. The van der Waals surface area contributed by atoms with Gasteiger partial charge in [0.25, 0.3) is 0 Å². The lowest BCUT2D eigenvalue weighted by molar-refractivity contribution is 0.586. The number of nitrogens with two attached hydrogens (primary N) is 1. The summed E-state index contributed by atoms with van der Waals surface area (Å²) in [6.07, 6.45) is 6.36. The van der Waals surface area contributed by atoms with Crippen LogP contribution in [0.5, 0.6) is 0 Å². The fourth-order valence-electron chi connectivity index (χ4n) is 3.66. The minimum absolute atomic E-state index is 0.610. The molecule has 5 rings (SSSR count). The first kappa shape index (κ1) is 15.5. The summed E-state index contributed by atoms with van der Waals surface area (Å²) in [4.78, 5) is 16.7. The number of anilines is 2. The van der Waals surface area contributed by atoms with Gasteiger partial charge < -0.3 is 16.0 Å². The molecule has 1 aliphatic heterocycles. The average Bonchev–Trinajstić information content (AvgIpc) is 3.53. The van der Waals surface area contributed by atoms with Crippen molar-refractivity contribution in [3.63, 3.8) is 0 Å². The summed E-state index contributed by atoms with van der Waals surface area (Å²) in [5.41, 5.74) is 9.80. The summed E-state index contributed by atoms with van der Waals surface area (Å²) in [6, 6.07) is 7.75. The van der Waals surface area contributed by atoms with Gasteiger partial charge in [-0.2, -0.15) is 0 Å². The van der Waals surface area contributed by atoms with Gasteiger partial charge >= 0.3 is 0 Å². The van der Waals surface area contributed by atoms with Crippen LogP contribution in [0.3, 0.4) is 0 Å². The molecule has 1 aliphatic carbocycles. The Labute approximate surface area is 152 Å². The van der Waals surface area contributed by atoms with Crippen molar-refractivity contribution in [3.05, 3.63) is 42.2 Å². The van der Waals surface area contributed by atoms with Crippen molar-refractivity contribution in [2.45, 2.75) is 18.8 Å². The maximum atomic E-state index is 5.84. The van der Waals surface area contributed by atoms with E-state index in [4.69, 9.17) is 15.7 Å². The maximum absolute atomic E-state index is 5.84. The van der Waals surface area contributed by atoms with Crippen LogP contribution in [0.15, 0.2) is 36.7 Å². The van der Waals surface area contributed by atoms with Gasteiger partial charge in [0, 0.05) is 49.0 Å². The normalized spacial score (nSPS) is 17.6. The minimum atomic E-state index is 0.610. The molecule has 0 amide bonds. The van der Waals surface area contributed by atoms with Gasteiger partial charge in [-0.1, -0.05) is 0 Å². The van der Waals surface area contributed by atoms with Gasteiger partial charge in [0.15, 0.2) is 5.82 Å². The third-order valence-corrected chi connectivity index (χ3v) is 5.22. The number of pyridine rings is 1. The highest BCUT2D eigenvalue weighted by atomic mass is 15.2. The number of hydrogen-bond acceptors (Lipinski definition) is 6. The molecule has 2 fully saturated rings. The lowest BCUT2D eigenvalue weighted by Gasteiger charge is -2.30. The molecule has 3 heterocycles. The molecule has 0 radical (unpaired) electrons. The molecular weight excluding hydrogens is 324 g/mol. The smallest absolute Gasteiger partial charge is 0.162 e. The Morgan fingerprint density at radius 1 is 1.00 bits per heavy atom. The molecule has 3 N–H and O–H groups in total. The van der Waals surface area contributed by atoms with Crippen LogP contribution in [-0.2, 0) is 0 Å². The fourth-order valence-corrected chi connectivity index (χ4v) is 3.66. The Morgan fingerprint density at radius 3 is 2.50 bits per heavy atom. The van der Waals surface area contributed by atoms with Crippen LogP contribution in [0.25, 0.3) is 22.3 Å². The summed E-state index contributed by atoms with van der Waals surface area (Å²) in [7, 11) is 0. The lowest BCUT2D eigenvalue weighted by Crippen LogP contribution is -2.44. The van der Waals surface area contributed by atoms with E-state index in [1.807, 2.05) is 36.7 Å². The summed E-state index contributed by atoms with van der Waals surface area (Å²) < 4.78 is 0. The topological polar surface area (TPSA) is 80.0 Å². The highest BCUT2D eigenvalue weighted by molar-refractivity contribution is 5.94. The van der Waals surface area contributed by atoms with Crippen molar-refractivity contribution < 1.29 is 0 Å². The molecule has 6 nitrogen and oxygen atoms in total. The molecule has 132 valence electrons. The van der Waals surface area contributed by atoms with E-state index in [9.17, 15) is 0 Å². The predicted octanol–water partition coefficient (Wildman–Crippen LogP) is 2.56. The van der Waals surface area contributed by atoms with Crippen molar-refractivity contribution in [1.82, 2.24) is 20.3 Å². The van der Waals surface area contributed by atoms with Crippen molar-refractivity contribution in [2.75, 3.05) is 36.8 Å². The summed E-state index contributed by atoms with van der Waals surface area (Å²) in [6.45, 7) is 3.87. The third-order valence-electron chi connectivity index (χ3n) is 5.22. The number of aromatic nitrogens is 3. The van der Waals surface area contributed by atoms with E-state index in [0.717, 1.165) is 54.6 Å². The van der Waals surface area contributed by atoms with E-state index in [1.165, 1.54) is 23.8 Å². The number of benzene rings is 1. The molecule has 26 heavy (non-hydrogen) atoms. The number of piperazine rings is 1. The SMILES string of the molecule is Nc1ccc(-c2nc(N3CCNCC3)c3c(C4CC4)cncc3n2)cc1. The van der Waals surface area contributed by atoms with Crippen molar-refractivity contribution >= 4 is 22.4 Å². The van der Waals surface area contributed by atoms with Crippen LogP contribution in [0.1, 0.15) is 24.3 Å². The third kappa shape index (κ3) is 2.76. The van der Waals surface area contributed by atoms with Gasteiger partial charge in [-0.05, 0) is 48.6 Å². The molecule has 1 aromatic carbocycles. The second-order valence-electron chi connectivity index (χ2n) is 7.13. The molecule has 1 saturated heterocycles. The second kappa shape index (κ2) is 6.21. The monoisotopic (exact) mass is 346 g/mol. The van der Waals surface area contributed by atoms with E-state index in [1.54, 1.807) is 0 Å². The summed E-state index contributed by atoms with van der Waals surface area (Å²) in [5, 5.41) is 4.61. The first-order valence-corrected chi connectivity index (χ1v) is 9.27. The number of hydrogen-bond donors (Lipinski definition) is 2. The quantitative estimate of drug-likeness (QED) is 0.710. The Hall–Kier alpha value is -2.73. The Kier molecular flexibility index (Phi) is 3.71. The van der Waals surface area contributed by atoms with Crippen LogP contribution in [-0.4, -0.2) is 41.1 Å². The zero-order chi connectivity index (χ0) is 17.5. The average molecular weight is 346 g/mol. The van der Waals surface area contributed by atoms with E-state index >= 15 is 0 Å².